The Labute approximate surface area is 105 Å². The molecule has 0 amide bonds. The van der Waals surface area contributed by atoms with Crippen LogP contribution in [0.25, 0.3) is 0 Å². The fourth-order valence-corrected chi connectivity index (χ4v) is 1.18. The highest BCUT2D eigenvalue weighted by Crippen LogP contribution is 2.28. The van der Waals surface area contributed by atoms with Crippen molar-refractivity contribution in [1.82, 2.24) is 0 Å². The van der Waals surface area contributed by atoms with Crippen LogP contribution in [0.4, 0.5) is 5.69 Å². The third kappa shape index (κ3) is 3.56. The molecule has 0 saturated heterocycles. The molecule has 0 fully saturated rings. The van der Waals surface area contributed by atoms with Crippen molar-refractivity contribution >= 4 is 27.6 Å². The number of nitro groups is 1. The molecule has 17 heavy (non-hydrogen) atoms. The number of hydrogen-bond donors (Lipinski definition) is 1. The Kier molecular flexibility index (Phi) is 4.22. The number of carbonyl (C=O) groups is 1. The van der Waals surface area contributed by atoms with Crippen molar-refractivity contribution in [2.75, 3.05) is 6.61 Å². The standard InChI is InChI=1S/C10H8BrNO5/c1-6(11)5-17-9-4-7(10(13)14)2-3-8(9)12(15)16/h2-4H,1,5H2,(H,13,14). The number of carboxylic acid groups (broad SMARTS) is 1. The second-order valence-electron chi connectivity index (χ2n) is 3.05. The Morgan fingerprint density at radius 1 is 1.59 bits per heavy atom. The van der Waals surface area contributed by atoms with E-state index in [1.807, 2.05) is 0 Å². The molecule has 0 spiro atoms. The minimum Gasteiger partial charge on any atom is -0.481 e. The molecule has 90 valence electrons. The van der Waals surface area contributed by atoms with E-state index in [4.69, 9.17) is 9.84 Å². The van der Waals surface area contributed by atoms with E-state index in [-0.39, 0.29) is 23.6 Å². The molecule has 0 saturated carbocycles. The molecular weight excluding hydrogens is 294 g/mol. The van der Waals surface area contributed by atoms with Gasteiger partial charge in [0.25, 0.3) is 0 Å². The molecule has 0 atom stereocenters. The molecule has 1 aromatic carbocycles. The molecule has 0 bridgehead atoms. The summed E-state index contributed by atoms with van der Waals surface area (Å²) in [5.41, 5.74) is -0.366. The van der Waals surface area contributed by atoms with E-state index in [9.17, 15) is 14.9 Å². The van der Waals surface area contributed by atoms with E-state index < -0.39 is 10.9 Å². The number of ether oxygens (including phenoxy) is 1. The van der Waals surface area contributed by atoms with E-state index in [1.165, 1.54) is 0 Å². The predicted octanol–water partition coefficient (Wildman–Crippen LogP) is 2.58. The molecule has 1 aromatic rings. The minimum atomic E-state index is -1.18. The Morgan fingerprint density at radius 3 is 2.71 bits per heavy atom. The summed E-state index contributed by atoms with van der Waals surface area (Å²) in [6, 6.07) is 3.35. The maximum absolute atomic E-state index is 10.7. The van der Waals surface area contributed by atoms with Gasteiger partial charge in [-0.2, -0.15) is 0 Å². The molecule has 1 rings (SSSR count). The van der Waals surface area contributed by atoms with E-state index in [0.717, 1.165) is 18.2 Å². The molecule has 7 heteroatoms. The quantitative estimate of drug-likeness (QED) is 0.667. The highest BCUT2D eigenvalue weighted by atomic mass is 79.9. The number of rotatable bonds is 5. The summed E-state index contributed by atoms with van der Waals surface area (Å²) in [4.78, 5) is 20.8. The van der Waals surface area contributed by atoms with Crippen molar-refractivity contribution in [3.63, 3.8) is 0 Å². The number of aromatic carboxylic acids is 1. The van der Waals surface area contributed by atoms with Gasteiger partial charge in [0.1, 0.15) is 6.61 Å². The number of nitrogens with zero attached hydrogens (tertiary/aromatic N) is 1. The highest BCUT2D eigenvalue weighted by Gasteiger charge is 2.17. The molecule has 0 aliphatic heterocycles. The minimum absolute atomic E-state index is 0.0178. The smallest absolute Gasteiger partial charge is 0.335 e. The predicted molar refractivity (Wildman–Crippen MR) is 63.6 cm³/mol. The molecule has 0 aromatic heterocycles. The molecule has 0 radical (unpaired) electrons. The van der Waals surface area contributed by atoms with Crippen LogP contribution in [0.3, 0.4) is 0 Å². The highest BCUT2D eigenvalue weighted by molar-refractivity contribution is 9.11. The molecule has 0 heterocycles. The lowest BCUT2D eigenvalue weighted by Crippen LogP contribution is -2.03. The molecule has 0 aliphatic carbocycles. The van der Waals surface area contributed by atoms with Gasteiger partial charge in [0.15, 0.2) is 5.75 Å². The van der Waals surface area contributed by atoms with Gasteiger partial charge >= 0.3 is 11.7 Å². The van der Waals surface area contributed by atoms with Crippen LogP contribution in [0, 0.1) is 10.1 Å². The zero-order chi connectivity index (χ0) is 13.0. The van der Waals surface area contributed by atoms with Gasteiger partial charge in [-0.05, 0) is 6.07 Å². The summed E-state index contributed by atoms with van der Waals surface area (Å²) in [6.45, 7) is 3.53. The molecule has 1 N–H and O–H groups in total. The van der Waals surface area contributed by atoms with Crippen LogP contribution in [0.15, 0.2) is 29.3 Å². The summed E-state index contributed by atoms with van der Waals surface area (Å²) in [7, 11) is 0. The fraction of sp³-hybridized carbons (Fsp3) is 0.100. The number of halogens is 1. The van der Waals surface area contributed by atoms with Crippen LogP contribution >= 0.6 is 15.9 Å². The molecule has 6 nitrogen and oxygen atoms in total. The summed E-state index contributed by atoms with van der Waals surface area (Å²) in [5, 5.41) is 19.5. The van der Waals surface area contributed by atoms with Gasteiger partial charge < -0.3 is 9.84 Å². The van der Waals surface area contributed by atoms with E-state index in [2.05, 4.69) is 22.5 Å². The van der Waals surface area contributed by atoms with Crippen molar-refractivity contribution in [2.45, 2.75) is 0 Å². The first-order valence-corrected chi connectivity index (χ1v) is 5.19. The van der Waals surface area contributed by atoms with E-state index in [0.29, 0.717) is 4.48 Å². The van der Waals surface area contributed by atoms with Crippen molar-refractivity contribution in [3.8, 4) is 5.75 Å². The second-order valence-corrected chi connectivity index (χ2v) is 4.17. The van der Waals surface area contributed by atoms with Crippen LogP contribution in [0.5, 0.6) is 5.75 Å². The van der Waals surface area contributed by atoms with Gasteiger partial charge in [-0.25, -0.2) is 4.79 Å². The average Bonchev–Trinajstić information content (AvgIpc) is 2.25. The summed E-state index contributed by atoms with van der Waals surface area (Å²) >= 11 is 3.04. The number of benzene rings is 1. The van der Waals surface area contributed by atoms with Gasteiger partial charge in [-0.15, -0.1) is 0 Å². The Balaban J connectivity index is 3.11. The summed E-state index contributed by atoms with van der Waals surface area (Å²) in [5.74, 6) is -1.28. The zero-order valence-electron chi connectivity index (χ0n) is 8.55. The second kappa shape index (κ2) is 5.44. The molecule has 0 unspecified atom stereocenters. The zero-order valence-corrected chi connectivity index (χ0v) is 10.1. The maximum Gasteiger partial charge on any atom is 0.335 e. The summed E-state index contributed by atoms with van der Waals surface area (Å²) < 4.78 is 5.59. The van der Waals surface area contributed by atoms with Crippen molar-refractivity contribution in [1.29, 1.82) is 0 Å². The third-order valence-electron chi connectivity index (χ3n) is 1.79. The van der Waals surface area contributed by atoms with Gasteiger partial charge in [0.05, 0.1) is 10.5 Å². The first-order valence-electron chi connectivity index (χ1n) is 4.39. The Bertz CT molecular complexity index is 486. The van der Waals surface area contributed by atoms with Gasteiger partial charge in [0, 0.05) is 16.6 Å². The fourth-order valence-electron chi connectivity index (χ4n) is 1.07. The van der Waals surface area contributed by atoms with Crippen LogP contribution in [0.2, 0.25) is 0 Å². The normalized spacial score (nSPS) is 9.71. The Morgan fingerprint density at radius 2 is 2.24 bits per heavy atom. The average molecular weight is 302 g/mol. The first-order chi connectivity index (χ1) is 7.91. The van der Waals surface area contributed by atoms with Crippen LogP contribution in [-0.2, 0) is 0 Å². The number of carboxylic acids is 1. The van der Waals surface area contributed by atoms with Crippen molar-refractivity contribution in [3.05, 3.63) is 44.9 Å². The lowest BCUT2D eigenvalue weighted by atomic mass is 10.2. The van der Waals surface area contributed by atoms with Gasteiger partial charge in [0.2, 0.25) is 0 Å². The van der Waals surface area contributed by atoms with Gasteiger partial charge in [-0.3, -0.25) is 10.1 Å². The van der Waals surface area contributed by atoms with Crippen molar-refractivity contribution in [2.24, 2.45) is 0 Å². The van der Waals surface area contributed by atoms with Crippen molar-refractivity contribution < 1.29 is 19.6 Å². The maximum atomic E-state index is 10.7. The Hall–Kier alpha value is -1.89. The molecule has 0 aliphatic rings. The SMILES string of the molecule is C=C(Br)COc1cc(C(=O)O)ccc1[N+](=O)[O-]. The lowest BCUT2D eigenvalue weighted by Gasteiger charge is -2.06. The third-order valence-corrected chi connectivity index (χ3v) is 2.02. The topological polar surface area (TPSA) is 89.7 Å². The van der Waals surface area contributed by atoms with Crippen LogP contribution in [-0.4, -0.2) is 22.6 Å². The number of hydrogen-bond acceptors (Lipinski definition) is 4. The van der Waals surface area contributed by atoms with E-state index in [1.54, 1.807) is 0 Å². The largest absolute Gasteiger partial charge is 0.481 e. The van der Waals surface area contributed by atoms with E-state index >= 15 is 0 Å². The van der Waals surface area contributed by atoms with Crippen LogP contribution in [0.1, 0.15) is 10.4 Å². The number of nitro benzene ring substituents is 1. The van der Waals surface area contributed by atoms with Gasteiger partial charge in [-0.1, -0.05) is 22.5 Å². The summed E-state index contributed by atoms with van der Waals surface area (Å²) in [6.07, 6.45) is 0. The monoisotopic (exact) mass is 301 g/mol. The molecular formula is C10H8BrNO5. The lowest BCUT2D eigenvalue weighted by molar-refractivity contribution is -0.385. The van der Waals surface area contributed by atoms with Crippen LogP contribution < -0.4 is 4.74 Å². The first kappa shape index (κ1) is 13.2.